The molecule has 0 aromatic heterocycles. The molecule has 2 unspecified atom stereocenters. The Morgan fingerprint density at radius 3 is 2.17 bits per heavy atom. The average Bonchev–Trinajstić information content (AvgIpc) is 2.13. The van der Waals surface area contributed by atoms with E-state index in [1.807, 2.05) is 34.6 Å². The lowest BCUT2D eigenvalue weighted by molar-refractivity contribution is -0.171. The number of ether oxygens (including phenoxy) is 1. The van der Waals surface area contributed by atoms with Crippen LogP contribution in [0.1, 0.15) is 60.8 Å². The quantitative estimate of drug-likeness (QED) is 0.772. The molecule has 1 N–H and O–H groups in total. The number of esters is 1. The van der Waals surface area contributed by atoms with E-state index < -0.39 is 11.0 Å². The zero-order valence-electron chi connectivity index (χ0n) is 12.6. The molecule has 1 aliphatic rings. The number of rotatable bonds is 2. The van der Waals surface area contributed by atoms with Gasteiger partial charge in [0.15, 0.2) is 0 Å². The molecule has 106 valence electrons. The van der Waals surface area contributed by atoms with Crippen LogP contribution in [-0.2, 0) is 9.53 Å². The summed E-state index contributed by atoms with van der Waals surface area (Å²) >= 11 is 0. The van der Waals surface area contributed by atoms with E-state index in [-0.39, 0.29) is 18.0 Å². The van der Waals surface area contributed by atoms with Gasteiger partial charge in [-0.05, 0) is 53.4 Å². The van der Waals surface area contributed by atoms with Gasteiger partial charge < -0.3 is 9.84 Å². The Balaban J connectivity index is 2.78. The van der Waals surface area contributed by atoms with Crippen LogP contribution in [0.4, 0.5) is 0 Å². The highest BCUT2D eigenvalue weighted by Crippen LogP contribution is 2.38. The maximum Gasteiger partial charge on any atom is 0.311 e. The molecule has 0 amide bonds. The second kappa shape index (κ2) is 5.20. The van der Waals surface area contributed by atoms with Crippen LogP contribution in [0.2, 0.25) is 0 Å². The van der Waals surface area contributed by atoms with Crippen molar-refractivity contribution in [3.05, 3.63) is 0 Å². The lowest BCUT2D eigenvalue weighted by atomic mass is 9.73. The van der Waals surface area contributed by atoms with Crippen LogP contribution < -0.4 is 0 Å². The van der Waals surface area contributed by atoms with E-state index in [0.717, 1.165) is 19.3 Å². The first-order chi connectivity index (χ1) is 8.01. The molecule has 0 aliphatic heterocycles. The average molecular weight is 256 g/mol. The highest BCUT2D eigenvalue weighted by Gasteiger charge is 2.41. The van der Waals surface area contributed by atoms with Gasteiger partial charge in [-0.15, -0.1) is 0 Å². The van der Waals surface area contributed by atoms with Crippen LogP contribution in [0, 0.1) is 17.3 Å². The molecule has 0 radical (unpaired) electrons. The van der Waals surface area contributed by atoms with Crippen LogP contribution in [0.15, 0.2) is 0 Å². The normalized spacial score (nSPS) is 30.1. The topological polar surface area (TPSA) is 46.5 Å². The van der Waals surface area contributed by atoms with Crippen LogP contribution in [0.25, 0.3) is 0 Å². The predicted molar refractivity (Wildman–Crippen MR) is 72.1 cm³/mol. The third kappa shape index (κ3) is 3.98. The summed E-state index contributed by atoms with van der Waals surface area (Å²) in [6, 6.07) is 0. The zero-order chi connectivity index (χ0) is 14.1. The van der Waals surface area contributed by atoms with Gasteiger partial charge in [-0.1, -0.05) is 13.3 Å². The molecule has 1 fully saturated rings. The molecule has 0 aromatic rings. The van der Waals surface area contributed by atoms with Crippen molar-refractivity contribution >= 4 is 5.97 Å². The van der Waals surface area contributed by atoms with E-state index >= 15 is 0 Å². The summed E-state index contributed by atoms with van der Waals surface area (Å²) in [5.74, 6) is 0.428. The molecule has 3 nitrogen and oxygen atoms in total. The Morgan fingerprint density at radius 2 is 1.72 bits per heavy atom. The van der Waals surface area contributed by atoms with E-state index in [9.17, 15) is 9.90 Å². The van der Waals surface area contributed by atoms with E-state index in [2.05, 4.69) is 6.92 Å². The summed E-state index contributed by atoms with van der Waals surface area (Å²) in [7, 11) is 0. The Hall–Kier alpha value is -0.570. The number of hydrogen-bond donors (Lipinski definition) is 1. The first kappa shape index (κ1) is 15.5. The summed E-state index contributed by atoms with van der Waals surface area (Å²) in [4.78, 5) is 12.0. The van der Waals surface area contributed by atoms with Crippen LogP contribution >= 0.6 is 0 Å². The minimum absolute atomic E-state index is 0.0417. The standard InChI is InChI=1S/C15H28O3/c1-10-7-8-11(15(5,6)17)12(9-10)18-13(16)14(2,3)4/h10-12,17H,7-9H2,1-6H3/t10?,11?,12-/m1/s1. The summed E-state index contributed by atoms with van der Waals surface area (Å²) in [6.45, 7) is 11.4. The Labute approximate surface area is 111 Å². The molecule has 0 saturated heterocycles. The van der Waals surface area contributed by atoms with E-state index in [1.54, 1.807) is 0 Å². The van der Waals surface area contributed by atoms with Gasteiger partial charge in [0, 0.05) is 5.92 Å². The van der Waals surface area contributed by atoms with Gasteiger partial charge in [0.25, 0.3) is 0 Å². The second-order valence-electron chi connectivity index (χ2n) is 7.37. The molecule has 0 heterocycles. The number of hydrogen-bond acceptors (Lipinski definition) is 3. The lowest BCUT2D eigenvalue weighted by Crippen LogP contribution is -2.46. The third-order valence-corrected chi connectivity index (χ3v) is 3.83. The minimum atomic E-state index is -0.789. The molecule has 0 aromatic carbocycles. The number of aliphatic hydroxyl groups is 1. The van der Waals surface area contributed by atoms with Crippen LogP contribution in [0.3, 0.4) is 0 Å². The smallest absolute Gasteiger partial charge is 0.311 e. The minimum Gasteiger partial charge on any atom is -0.462 e. The Kier molecular flexibility index (Phi) is 4.47. The van der Waals surface area contributed by atoms with Crippen molar-refractivity contribution in [3.8, 4) is 0 Å². The largest absolute Gasteiger partial charge is 0.462 e. The summed E-state index contributed by atoms with van der Waals surface area (Å²) < 4.78 is 5.67. The number of carbonyl (C=O) groups is 1. The van der Waals surface area contributed by atoms with E-state index in [4.69, 9.17) is 4.74 Å². The van der Waals surface area contributed by atoms with Crippen molar-refractivity contribution in [1.29, 1.82) is 0 Å². The Morgan fingerprint density at radius 1 is 1.17 bits per heavy atom. The summed E-state index contributed by atoms with van der Waals surface area (Å²) in [5, 5.41) is 10.2. The van der Waals surface area contributed by atoms with Crippen molar-refractivity contribution in [3.63, 3.8) is 0 Å². The van der Waals surface area contributed by atoms with Gasteiger partial charge in [0.2, 0.25) is 0 Å². The second-order valence-corrected chi connectivity index (χ2v) is 7.37. The van der Waals surface area contributed by atoms with Gasteiger partial charge in [0.1, 0.15) is 6.10 Å². The fourth-order valence-corrected chi connectivity index (χ4v) is 2.58. The van der Waals surface area contributed by atoms with E-state index in [1.165, 1.54) is 0 Å². The third-order valence-electron chi connectivity index (χ3n) is 3.83. The SMILES string of the molecule is CC1CCC(C(C)(C)O)[C@H](OC(=O)C(C)(C)C)C1. The van der Waals surface area contributed by atoms with Crippen molar-refractivity contribution in [2.45, 2.75) is 72.5 Å². The van der Waals surface area contributed by atoms with E-state index in [0.29, 0.717) is 5.92 Å². The van der Waals surface area contributed by atoms with Gasteiger partial charge >= 0.3 is 5.97 Å². The van der Waals surface area contributed by atoms with Crippen molar-refractivity contribution in [2.24, 2.45) is 17.3 Å². The lowest BCUT2D eigenvalue weighted by Gasteiger charge is -2.41. The van der Waals surface area contributed by atoms with Crippen LogP contribution in [-0.4, -0.2) is 22.8 Å². The monoisotopic (exact) mass is 256 g/mol. The molecular formula is C15H28O3. The molecule has 0 spiro atoms. The van der Waals surface area contributed by atoms with Gasteiger partial charge in [-0.3, -0.25) is 4.79 Å². The van der Waals surface area contributed by atoms with Gasteiger partial charge in [0.05, 0.1) is 11.0 Å². The van der Waals surface area contributed by atoms with Crippen molar-refractivity contribution in [2.75, 3.05) is 0 Å². The van der Waals surface area contributed by atoms with Crippen LogP contribution in [0.5, 0.6) is 0 Å². The highest BCUT2D eigenvalue weighted by atomic mass is 16.5. The highest BCUT2D eigenvalue weighted by molar-refractivity contribution is 5.75. The van der Waals surface area contributed by atoms with Crippen molar-refractivity contribution < 1.29 is 14.6 Å². The fourth-order valence-electron chi connectivity index (χ4n) is 2.58. The summed E-state index contributed by atoms with van der Waals surface area (Å²) in [6.07, 6.45) is 2.72. The molecule has 1 rings (SSSR count). The molecule has 0 bridgehead atoms. The van der Waals surface area contributed by atoms with Gasteiger partial charge in [-0.2, -0.15) is 0 Å². The fraction of sp³-hybridized carbons (Fsp3) is 0.933. The molecular weight excluding hydrogens is 228 g/mol. The number of carbonyl (C=O) groups excluding carboxylic acids is 1. The molecule has 1 aliphatic carbocycles. The van der Waals surface area contributed by atoms with Gasteiger partial charge in [-0.25, -0.2) is 0 Å². The molecule has 3 atom stereocenters. The first-order valence-electron chi connectivity index (χ1n) is 6.95. The first-order valence-corrected chi connectivity index (χ1v) is 6.95. The molecule has 3 heteroatoms. The summed E-state index contributed by atoms with van der Waals surface area (Å²) in [5.41, 5.74) is -1.27. The molecule has 18 heavy (non-hydrogen) atoms. The Bertz CT molecular complexity index is 296. The van der Waals surface area contributed by atoms with Crippen molar-refractivity contribution in [1.82, 2.24) is 0 Å². The maximum atomic E-state index is 12.0. The predicted octanol–water partition coefficient (Wildman–Crippen LogP) is 3.15. The molecule has 1 saturated carbocycles. The maximum absolute atomic E-state index is 12.0. The zero-order valence-corrected chi connectivity index (χ0v) is 12.6.